The third-order valence-electron chi connectivity index (χ3n) is 11.6. The quantitative estimate of drug-likeness (QED) is 0.0712. The van der Waals surface area contributed by atoms with Crippen LogP contribution in [0.3, 0.4) is 0 Å². The molecule has 19 nitrogen and oxygen atoms in total. The molecule has 20 heteroatoms. The Hall–Kier alpha value is -7.51. The molecule has 4 N–H and O–H groups in total. The Balaban J connectivity index is 0.771. The molecule has 0 bridgehead atoms. The summed E-state index contributed by atoms with van der Waals surface area (Å²) in [4.78, 5) is 72.6. The number of pyridine rings is 2. The Morgan fingerprint density at radius 3 is 2.61 bits per heavy atom. The molecular weight excluding hydrogens is 824 g/mol. The number of unbranched alkanes of at least 4 members (excludes halogenated alkanes) is 3. The van der Waals surface area contributed by atoms with Gasteiger partial charge in [-0.05, 0) is 80.5 Å². The van der Waals surface area contributed by atoms with E-state index in [9.17, 15) is 28.4 Å². The second-order valence-corrected chi connectivity index (χ2v) is 16.2. The Morgan fingerprint density at radius 1 is 0.938 bits per heavy atom. The van der Waals surface area contributed by atoms with Crippen molar-refractivity contribution in [2.75, 3.05) is 17.2 Å². The van der Waals surface area contributed by atoms with Gasteiger partial charge in [-0.2, -0.15) is 0 Å². The molecule has 1 saturated carbocycles. The highest BCUT2D eigenvalue weighted by atomic mass is 19.1. The van der Waals surface area contributed by atoms with Crippen LogP contribution in [0.25, 0.3) is 22.5 Å². The predicted octanol–water partition coefficient (Wildman–Crippen LogP) is 3.93. The van der Waals surface area contributed by atoms with Gasteiger partial charge in [-0.15, -0.1) is 10.2 Å². The number of benzene rings is 1. The maximum Gasteiger partial charge on any atom is 0.329 e. The minimum atomic E-state index is -1.07. The molecule has 3 amide bonds. The van der Waals surface area contributed by atoms with Crippen molar-refractivity contribution in [1.29, 1.82) is 0 Å². The minimum absolute atomic E-state index is 0.129. The fraction of sp³-hybridized carbons (Fsp3) is 0.364. The van der Waals surface area contributed by atoms with Crippen molar-refractivity contribution in [2.24, 2.45) is 7.05 Å². The number of carbonyl (C=O) groups is 3. The van der Waals surface area contributed by atoms with Gasteiger partial charge in [0.1, 0.15) is 23.7 Å². The van der Waals surface area contributed by atoms with Gasteiger partial charge in [-0.3, -0.25) is 42.9 Å². The van der Waals surface area contributed by atoms with Gasteiger partial charge in [0.25, 0.3) is 11.5 Å². The van der Waals surface area contributed by atoms with Crippen LogP contribution >= 0.6 is 0 Å². The van der Waals surface area contributed by atoms with Crippen LogP contribution in [0.1, 0.15) is 79.2 Å². The van der Waals surface area contributed by atoms with Crippen molar-refractivity contribution in [1.82, 2.24) is 58.9 Å². The maximum absolute atomic E-state index is 13.7. The number of hydrogen-bond donors (Lipinski definition) is 4. The van der Waals surface area contributed by atoms with Gasteiger partial charge in [0, 0.05) is 57.6 Å². The number of carbonyl (C=O) groups excluding carboxylic acids is 3. The van der Waals surface area contributed by atoms with E-state index >= 15 is 0 Å². The molecule has 1 aliphatic carbocycles. The Labute approximate surface area is 364 Å². The summed E-state index contributed by atoms with van der Waals surface area (Å²) < 4.78 is 21.4. The van der Waals surface area contributed by atoms with Crippen molar-refractivity contribution < 1.29 is 18.8 Å². The standard InChI is InChI=1S/C44H47FN14O5/c1-55-35-22-27(14-15-33(35)58(44(55)64)34-16-17-39(60)51-41(34)61)10-4-2-3-7-20-56-26-28(52-54-56)11-8-19-46-32-24-37(49-30-12-9-21-57(43(30)63)38-13-5-6-18-47-38)53-59-36(25-48-40(32)59)42(62)50-31-23-29(31)45/h5-6,9,12-15,18,21-22,24-26,29,31,34,46H,2-4,7-8,10-11,16-17,19-20,23H2,1H3,(H,49,53)(H,50,62)(H,51,60,61)/t29-,31+,34?/m0/s1. The van der Waals surface area contributed by atoms with Gasteiger partial charge < -0.3 is 16.0 Å². The largest absolute Gasteiger partial charge is 0.382 e. The van der Waals surface area contributed by atoms with Crippen LogP contribution in [-0.4, -0.2) is 84.8 Å². The minimum Gasteiger partial charge on any atom is -0.382 e. The number of hydrogen-bond acceptors (Lipinski definition) is 12. The maximum atomic E-state index is 13.7. The fourth-order valence-corrected chi connectivity index (χ4v) is 8.08. The lowest BCUT2D eigenvalue weighted by Crippen LogP contribution is -2.44. The lowest BCUT2D eigenvalue weighted by molar-refractivity contribution is -0.135. The van der Waals surface area contributed by atoms with E-state index < -0.39 is 30.1 Å². The second kappa shape index (κ2) is 18.1. The first-order valence-electron chi connectivity index (χ1n) is 21.5. The summed E-state index contributed by atoms with van der Waals surface area (Å²) in [5.41, 5.74) is 4.14. The number of halogens is 1. The number of amides is 3. The van der Waals surface area contributed by atoms with Crippen LogP contribution in [0.5, 0.6) is 0 Å². The average molecular weight is 871 g/mol. The smallest absolute Gasteiger partial charge is 0.329 e. The molecule has 330 valence electrons. The Kier molecular flexibility index (Phi) is 11.8. The molecule has 1 aliphatic heterocycles. The Morgan fingerprint density at radius 2 is 1.80 bits per heavy atom. The number of aryl methyl sites for hydroxylation is 4. The second-order valence-electron chi connectivity index (χ2n) is 16.2. The first-order chi connectivity index (χ1) is 31.1. The van der Waals surface area contributed by atoms with E-state index in [0.717, 1.165) is 55.4 Å². The number of nitrogens with one attached hydrogen (secondary N) is 4. The molecule has 1 saturated heterocycles. The normalized spacial score (nSPS) is 17.2. The number of alkyl halides is 1. The summed E-state index contributed by atoms with van der Waals surface area (Å²) in [5, 5.41) is 24.9. The van der Waals surface area contributed by atoms with Crippen molar-refractivity contribution in [2.45, 2.75) is 89.0 Å². The molecule has 1 unspecified atom stereocenters. The number of aromatic nitrogens is 10. The Bertz CT molecular complexity index is 2990. The van der Waals surface area contributed by atoms with Crippen LogP contribution in [0.2, 0.25) is 0 Å². The van der Waals surface area contributed by atoms with Crippen molar-refractivity contribution in [3.05, 3.63) is 117 Å². The van der Waals surface area contributed by atoms with E-state index in [0.29, 0.717) is 48.5 Å². The zero-order valence-electron chi connectivity index (χ0n) is 35.1. The molecular formula is C44H47FN14O5. The number of imidazole rings is 2. The van der Waals surface area contributed by atoms with Crippen molar-refractivity contribution in [3.8, 4) is 5.82 Å². The number of piperidine rings is 1. The van der Waals surface area contributed by atoms with Crippen molar-refractivity contribution in [3.63, 3.8) is 0 Å². The van der Waals surface area contributed by atoms with Crippen LogP contribution in [0.15, 0.2) is 89.0 Å². The number of anilines is 3. The molecule has 0 spiro atoms. The van der Waals surface area contributed by atoms with Crippen LogP contribution < -0.4 is 32.5 Å². The summed E-state index contributed by atoms with van der Waals surface area (Å²) >= 11 is 0. The summed E-state index contributed by atoms with van der Waals surface area (Å²) in [7, 11) is 1.71. The zero-order chi connectivity index (χ0) is 44.3. The molecule has 2 fully saturated rings. The van der Waals surface area contributed by atoms with Gasteiger partial charge >= 0.3 is 5.69 Å². The molecule has 3 atom stereocenters. The highest BCUT2D eigenvalue weighted by molar-refractivity contribution is 6.00. The molecule has 1 aromatic carbocycles. The predicted molar refractivity (Wildman–Crippen MR) is 234 cm³/mol. The van der Waals surface area contributed by atoms with Crippen LogP contribution in [-0.2, 0) is 36.0 Å². The van der Waals surface area contributed by atoms with Gasteiger partial charge in [0.2, 0.25) is 11.8 Å². The number of fused-ring (bicyclic) bond motifs is 2. The monoisotopic (exact) mass is 870 g/mol. The number of rotatable bonds is 18. The van der Waals surface area contributed by atoms with E-state index in [1.165, 1.54) is 19.8 Å². The molecule has 64 heavy (non-hydrogen) atoms. The van der Waals surface area contributed by atoms with E-state index in [4.69, 9.17) is 0 Å². The first kappa shape index (κ1) is 41.8. The molecule has 6 aromatic heterocycles. The molecule has 0 radical (unpaired) electrons. The van der Waals surface area contributed by atoms with Gasteiger partial charge in [0.05, 0.1) is 34.7 Å². The van der Waals surface area contributed by atoms with Crippen molar-refractivity contribution >= 4 is 51.6 Å². The van der Waals surface area contributed by atoms with Crippen LogP contribution in [0.4, 0.5) is 21.6 Å². The molecule has 2 aliphatic rings. The lowest BCUT2D eigenvalue weighted by atomic mass is 10.0. The number of imide groups is 1. The SMILES string of the molecule is Cn1c(=O)n(C2CCC(=O)NC2=O)c2ccc(CCCCCCn3cc(CCCNc4cc(Nc5cccn(-c6ccccn6)c5=O)nn5c(C(=O)N[C@@H]6C[C@@H]6F)cnc45)nn3)cc21. The molecule has 7 heterocycles. The summed E-state index contributed by atoms with van der Waals surface area (Å²) in [5.74, 6) is -0.517. The van der Waals surface area contributed by atoms with E-state index in [2.05, 4.69) is 46.6 Å². The lowest BCUT2D eigenvalue weighted by Gasteiger charge is -2.21. The zero-order valence-corrected chi connectivity index (χ0v) is 35.1. The topological polar surface area (TPSA) is 222 Å². The summed E-state index contributed by atoms with van der Waals surface area (Å²) in [6, 6.07) is 15.0. The average Bonchev–Trinajstić information content (AvgIpc) is 3.57. The summed E-state index contributed by atoms with van der Waals surface area (Å²) in [6.45, 7) is 1.27. The third kappa shape index (κ3) is 8.88. The fourth-order valence-electron chi connectivity index (χ4n) is 8.08. The van der Waals surface area contributed by atoms with Gasteiger partial charge in [0.15, 0.2) is 17.2 Å². The highest BCUT2D eigenvalue weighted by Gasteiger charge is 2.39. The van der Waals surface area contributed by atoms with E-state index in [-0.39, 0.29) is 47.2 Å². The number of nitrogens with zero attached hydrogens (tertiary/aromatic N) is 10. The third-order valence-corrected chi connectivity index (χ3v) is 11.6. The molecule has 7 aromatic rings. The van der Waals surface area contributed by atoms with Gasteiger partial charge in [-0.25, -0.2) is 23.7 Å². The first-order valence-corrected chi connectivity index (χ1v) is 21.5. The van der Waals surface area contributed by atoms with Crippen LogP contribution in [0, 0.1) is 0 Å². The van der Waals surface area contributed by atoms with E-state index in [1.54, 1.807) is 60.4 Å². The molecule has 9 rings (SSSR count). The highest BCUT2D eigenvalue weighted by Crippen LogP contribution is 2.27. The van der Waals surface area contributed by atoms with E-state index in [1.807, 2.05) is 29.1 Å². The van der Waals surface area contributed by atoms with Gasteiger partial charge in [-0.1, -0.05) is 30.2 Å². The summed E-state index contributed by atoms with van der Waals surface area (Å²) in [6.07, 6.45) is 12.5.